The fourth-order valence-electron chi connectivity index (χ4n) is 7.02. The lowest BCUT2D eigenvalue weighted by Crippen LogP contribution is -2.22. The second-order valence-electron chi connectivity index (χ2n) is 12.1. The third kappa shape index (κ3) is 5.06. The number of ketones is 2. The highest BCUT2D eigenvalue weighted by atomic mass is 16.5. The van der Waals surface area contributed by atoms with Crippen molar-refractivity contribution in [2.24, 2.45) is 0 Å². The first kappa shape index (κ1) is 28.3. The Bertz CT molecular complexity index is 1580. The first-order valence-electron chi connectivity index (χ1n) is 15.8. The molecule has 0 atom stereocenters. The Labute approximate surface area is 257 Å². The molecule has 0 spiro atoms. The molecular weight excluding hydrogens is 556 g/mol. The number of fused-ring (bicyclic) bond motifs is 2. The Balaban J connectivity index is 1.39. The summed E-state index contributed by atoms with van der Waals surface area (Å²) in [7, 11) is 3.21. The summed E-state index contributed by atoms with van der Waals surface area (Å²) in [5.74, 6) is 1.50. The van der Waals surface area contributed by atoms with Crippen LogP contribution in [0.3, 0.4) is 0 Å². The molecule has 4 aromatic rings. The normalized spacial score (nSPS) is 17.2. The SMILES string of the molecule is COc1cccc(-c2c(NC3CCCCC3)oc3c2C(=O)c2oc(NC4CCCCC4)c(-c4cccc(OC)c4)c2C3=O)c1. The average Bonchev–Trinajstić information content (AvgIpc) is 3.64. The molecule has 2 heterocycles. The zero-order valence-corrected chi connectivity index (χ0v) is 25.3. The number of ether oxygens (including phenoxy) is 2. The van der Waals surface area contributed by atoms with Gasteiger partial charge in [-0.3, -0.25) is 9.59 Å². The van der Waals surface area contributed by atoms with Crippen LogP contribution in [0.1, 0.15) is 96.4 Å². The molecule has 0 bridgehead atoms. The van der Waals surface area contributed by atoms with E-state index < -0.39 is 0 Å². The number of furan rings is 2. The van der Waals surface area contributed by atoms with E-state index in [2.05, 4.69) is 10.6 Å². The number of anilines is 2. The maximum Gasteiger partial charge on any atom is 0.233 e. The number of carbonyl (C=O) groups excluding carboxylic acids is 2. The molecule has 0 saturated heterocycles. The minimum atomic E-state index is -0.367. The van der Waals surface area contributed by atoms with Gasteiger partial charge in [-0.15, -0.1) is 0 Å². The third-order valence-electron chi connectivity index (χ3n) is 9.28. The lowest BCUT2D eigenvalue weighted by Gasteiger charge is -2.23. The molecule has 0 radical (unpaired) electrons. The fraction of sp³-hybridized carbons (Fsp3) is 0.389. The fourth-order valence-corrected chi connectivity index (χ4v) is 7.02. The zero-order valence-electron chi connectivity index (χ0n) is 25.3. The number of nitrogens with one attached hydrogen (secondary N) is 2. The molecule has 2 aromatic carbocycles. The van der Waals surface area contributed by atoms with Crippen LogP contribution in [0.4, 0.5) is 11.8 Å². The van der Waals surface area contributed by atoms with Crippen LogP contribution in [0.5, 0.6) is 11.5 Å². The van der Waals surface area contributed by atoms with Crippen molar-refractivity contribution >= 4 is 23.3 Å². The number of hydrogen-bond donors (Lipinski definition) is 2. The molecule has 2 aromatic heterocycles. The molecule has 8 nitrogen and oxygen atoms in total. The Morgan fingerprint density at radius 2 is 1.00 bits per heavy atom. The van der Waals surface area contributed by atoms with Crippen LogP contribution in [0.25, 0.3) is 22.3 Å². The molecule has 2 N–H and O–H groups in total. The van der Waals surface area contributed by atoms with Crippen LogP contribution < -0.4 is 20.1 Å². The van der Waals surface area contributed by atoms with Gasteiger partial charge >= 0.3 is 0 Å². The van der Waals surface area contributed by atoms with Gasteiger partial charge in [0.2, 0.25) is 23.3 Å². The first-order chi connectivity index (χ1) is 21.6. The summed E-state index contributed by atoms with van der Waals surface area (Å²) in [6.07, 6.45) is 10.9. The highest BCUT2D eigenvalue weighted by Crippen LogP contribution is 2.48. The van der Waals surface area contributed by atoms with Gasteiger partial charge in [0.1, 0.15) is 11.5 Å². The van der Waals surface area contributed by atoms with E-state index in [9.17, 15) is 9.59 Å². The molecule has 0 unspecified atom stereocenters. The maximum atomic E-state index is 14.5. The second kappa shape index (κ2) is 11.9. The van der Waals surface area contributed by atoms with E-state index >= 15 is 0 Å². The number of carbonyl (C=O) groups is 2. The maximum absolute atomic E-state index is 14.5. The van der Waals surface area contributed by atoms with Gasteiger partial charge in [0.05, 0.1) is 36.5 Å². The van der Waals surface area contributed by atoms with E-state index in [0.29, 0.717) is 34.4 Å². The van der Waals surface area contributed by atoms with Crippen molar-refractivity contribution in [1.82, 2.24) is 0 Å². The first-order valence-corrected chi connectivity index (χ1v) is 15.8. The van der Waals surface area contributed by atoms with Gasteiger partial charge in [-0.1, -0.05) is 62.8 Å². The lowest BCUT2D eigenvalue weighted by atomic mass is 9.86. The van der Waals surface area contributed by atoms with Crippen molar-refractivity contribution in [3.8, 4) is 33.8 Å². The molecule has 8 heteroatoms. The van der Waals surface area contributed by atoms with Gasteiger partial charge in [0.25, 0.3) is 0 Å². The van der Waals surface area contributed by atoms with Gasteiger partial charge in [-0.2, -0.15) is 0 Å². The Morgan fingerprint density at radius 1 is 0.591 bits per heavy atom. The van der Waals surface area contributed by atoms with Crippen molar-refractivity contribution in [1.29, 1.82) is 0 Å². The van der Waals surface area contributed by atoms with Crippen LogP contribution in [-0.2, 0) is 0 Å². The van der Waals surface area contributed by atoms with Gasteiger partial charge in [0.15, 0.2) is 11.5 Å². The Kier molecular flexibility index (Phi) is 7.66. The number of hydrogen-bond acceptors (Lipinski definition) is 8. The van der Waals surface area contributed by atoms with E-state index in [1.54, 1.807) is 14.2 Å². The Hall–Kier alpha value is -4.46. The Morgan fingerprint density at radius 3 is 1.39 bits per heavy atom. The highest BCUT2D eigenvalue weighted by molar-refractivity contribution is 6.31. The highest BCUT2D eigenvalue weighted by Gasteiger charge is 2.44. The van der Waals surface area contributed by atoms with E-state index in [1.165, 1.54) is 12.8 Å². The van der Waals surface area contributed by atoms with Crippen molar-refractivity contribution in [3.63, 3.8) is 0 Å². The molecule has 2 saturated carbocycles. The third-order valence-corrected chi connectivity index (χ3v) is 9.28. The standard InChI is InChI=1S/C36H38N2O6/c1-41-25-17-9-11-21(19-25)27-29-31(39)34-30(32(40)33(29)43-35(27)37-23-13-5-3-6-14-23)28(22-12-10-18-26(20-22)42-2)36(44-34)38-24-15-7-4-8-16-24/h9-12,17-20,23-24,37-38H,3-8,13-16H2,1-2H3. The molecule has 0 aliphatic heterocycles. The van der Waals surface area contributed by atoms with Crippen molar-refractivity contribution in [2.75, 3.05) is 24.9 Å². The van der Waals surface area contributed by atoms with Crippen LogP contribution in [0.2, 0.25) is 0 Å². The van der Waals surface area contributed by atoms with Gasteiger partial charge in [0, 0.05) is 12.1 Å². The summed E-state index contributed by atoms with van der Waals surface area (Å²) in [6.45, 7) is 0. The van der Waals surface area contributed by atoms with Crippen LogP contribution >= 0.6 is 0 Å². The van der Waals surface area contributed by atoms with Crippen molar-refractivity contribution in [2.45, 2.75) is 76.3 Å². The van der Waals surface area contributed by atoms with E-state index in [0.717, 1.165) is 62.5 Å². The molecule has 2 fully saturated rings. The number of benzene rings is 2. The van der Waals surface area contributed by atoms with Gasteiger partial charge in [-0.05, 0) is 61.1 Å². The van der Waals surface area contributed by atoms with Gasteiger partial charge < -0.3 is 28.9 Å². The largest absolute Gasteiger partial charge is 0.497 e. The van der Waals surface area contributed by atoms with E-state index in [1.807, 2.05) is 48.5 Å². The topological polar surface area (TPSA) is 103 Å². The summed E-state index contributed by atoms with van der Waals surface area (Å²) in [4.78, 5) is 29.0. The number of rotatable bonds is 8. The summed E-state index contributed by atoms with van der Waals surface area (Å²) >= 11 is 0. The average molecular weight is 595 g/mol. The van der Waals surface area contributed by atoms with Crippen molar-refractivity contribution in [3.05, 3.63) is 71.2 Å². The summed E-state index contributed by atoms with van der Waals surface area (Å²) < 4.78 is 23.8. The quantitative estimate of drug-likeness (QED) is 0.184. The minimum absolute atomic E-state index is 0.0350. The minimum Gasteiger partial charge on any atom is -0.497 e. The molecular formula is C36H38N2O6. The van der Waals surface area contributed by atoms with Crippen molar-refractivity contribution < 1.29 is 27.9 Å². The molecule has 44 heavy (non-hydrogen) atoms. The van der Waals surface area contributed by atoms with E-state index in [-0.39, 0.29) is 46.3 Å². The lowest BCUT2D eigenvalue weighted by molar-refractivity contribution is 0.0945. The summed E-state index contributed by atoms with van der Waals surface area (Å²) in [5.41, 5.74) is 3.05. The van der Waals surface area contributed by atoms with E-state index in [4.69, 9.17) is 18.3 Å². The van der Waals surface area contributed by atoms with Crippen LogP contribution in [-0.4, -0.2) is 37.9 Å². The number of methoxy groups -OCH3 is 2. The molecule has 3 aliphatic carbocycles. The molecule has 0 amide bonds. The van der Waals surface area contributed by atoms with Gasteiger partial charge in [-0.25, -0.2) is 0 Å². The molecule has 7 rings (SSSR count). The molecule has 228 valence electrons. The summed E-state index contributed by atoms with van der Waals surface area (Å²) in [5, 5.41) is 7.12. The molecule has 3 aliphatic rings. The monoisotopic (exact) mass is 594 g/mol. The van der Waals surface area contributed by atoms with Crippen LogP contribution in [0, 0.1) is 0 Å². The second-order valence-corrected chi connectivity index (χ2v) is 12.1. The summed E-state index contributed by atoms with van der Waals surface area (Å²) in [6, 6.07) is 15.4. The van der Waals surface area contributed by atoms with Crippen LogP contribution in [0.15, 0.2) is 57.4 Å². The smallest absolute Gasteiger partial charge is 0.233 e. The predicted molar refractivity (Wildman–Crippen MR) is 169 cm³/mol. The zero-order chi connectivity index (χ0) is 30.2. The predicted octanol–water partition coefficient (Wildman–Crippen LogP) is 8.49.